The van der Waals surface area contributed by atoms with E-state index in [0.29, 0.717) is 23.8 Å². The van der Waals surface area contributed by atoms with Gasteiger partial charge in [0.1, 0.15) is 23.2 Å². The third-order valence-corrected chi connectivity index (χ3v) is 4.92. The van der Waals surface area contributed by atoms with E-state index in [2.05, 4.69) is 20.6 Å². The van der Waals surface area contributed by atoms with Crippen molar-refractivity contribution in [2.24, 2.45) is 13.0 Å². The van der Waals surface area contributed by atoms with E-state index >= 15 is 0 Å². The maximum absolute atomic E-state index is 14.1. The Morgan fingerprint density at radius 3 is 2.85 bits per heavy atom. The molecular weight excluding hydrogens is 343 g/mol. The summed E-state index contributed by atoms with van der Waals surface area (Å²) in [7, 11) is 1.93. The molecule has 2 N–H and O–H groups in total. The average molecular weight is 364 g/mol. The number of nitrogens with one attached hydrogen (secondary N) is 2. The number of halogens is 1. The standard InChI is InChI=1S/C20H21FN6/c1-3-13-6-14(9-22)15(21)7-16(13)25-18-8-17-19(24-11-27(17)2)20(26-18)23-10-12-4-5-12/h6-8,11-12H,3-5,10H2,1-2H3,(H2,23,25,26). The Labute approximate surface area is 157 Å². The summed E-state index contributed by atoms with van der Waals surface area (Å²) in [6, 6.07) is 6.75. The second kappa shape index (κ2) is 6.88. The van der Waals surface area contributed by atoms with E-state index in [1.165, 1.54) is 18.9 Å². The van der Waals surface area contributed by atoms with Crippen LogP contribution in [0.5, 0.6) is 0 Å². The van der Waals surface area contributed by atoms with E-state index in [1.54, 1.807) is 12.4 Å². The summed E-state index contributed by atoms with van der Waals surface area (Å²) in [6.45, 7) is 2.85. The number of rotatable bonds is 6. The molecule has 6 nitrogen and oxygen atoms in total. The minimum Gasteiger partial charge on any atom is -0.368 e. The summed E-state index contributed by atoms with van der Waals surface area (Å²) < 4.78 is 16.1. The maximum Gasteiger partial charge on any atom is 0.156 e. The van der Waals surface area contributed by atoms with Crippen molar-refractivity contribution in [3.8, 4) is 6.07 Å². The molecular formula is C20H21FN6. The van der Waals surface area contributed by atoms with Crippen LogP contribution in [0.1, 0.15) is 30.9 Å². The highest BCUT2D eigenvalue weighted by atomic mass is 19.1. The Balaban J connectivity index is 1.72. The molecule has 0 radical (unpaired) electrons. The average Bonchev–Trinajstić information content (AvgIpc) is 3.42. The molecule has 0 unspecified atom stereocenters. The molecule has 1 saturated carbocycles. The van der Waals surface area contributed by atoms with Crippen LogP contribution in [0.3, 0.4) is 0 Å². The number of nitrogens with zero attached hydrogens (tertiary/aromatic N) is 4. The molecule has 0 spiro atoms. The minimum atomic E-state index is -0.536. The molecule has 2 heterocycles. The fourth-order valence-electron chi connectivity index (χ4n) is 3.13. The topological polar surface area (TPSA) is 78.6 Å². The van der Waals surface area contributed by atoms with Crippen LogP contribution in [0.15, 0.2) is 24.5 Å². The zero-order valence-corrected chi connectivity index (χ0v) is 15.4. The molecule has 1 fully saturated rings. The molecule has 27 heavy (non-hydrogen) atoms. The lowest BCUT2D eigenvalue weighted by molar-refractivity contribution is 0.624. The second-order valence-electron chi connectivity index (χ2n) is 6.98. The highest BCUT2D eigenvalue weighted by molar-refractivity contribution is 5.89. The molecule has 3 aromatic rings. The lowest BCUT2D eigenvalue weighted by Gasteiger charge is -2.14. The molecule has 7 heteroatoms. The zero-order valence-electron chi connectivity index (χ0n) is 15.4. The molecule has 2 aromatic heterocycles. The van der Waals surface area contributed by atoms with Gasteiger partial charge in [-0.15, -0.1) is 0 Å². The van der Waals surface area contributed by atoms with Crippen molar-refractivity contribution in [1.29, 1.82) is 5.26 Å². The van der Waals surface area contributed by atoms with Gasteiger partial charge in [0.25, 0.3) is 0 Å². The van der Waals surface area contributed by atoms with Crippen molar-refractivity contribution in [2.45, 2.75) is 26.2 Å². The fourth-order valence-corrected chi connectivity index (χ4v) is 3.13. The fraction of sp³-hybridized carbons (Fsp3) is 0.350. The molecule has 0 saturated heterocycles. The number of hydrogen-bond acceptors (Lipinski definition) is 5. The maximum atomic E-state index is 14.1. The Kier molecular flexibility index (Phi) is 4.40. The third kappa shape index (κ3) is 3.43. The van der Waals surface area contributed by atoms with Gasteiger partial charge < -0.3 is 15.2 Å². The first-order valence-electron chi connectivity index (χ1n) is 9.14. The normalized spacial score (nSPS) is 13.6. The van der Waals surface area contributed by atoms with Gasteiger partial charge in [-0.1, -0.05) is 6.92 Å². The molecule has 138 valence electrons. The summed E-state index contributed by atoms with van der Waals surface area (Å²) in [5, 5.41) is 15.7. The first-order valence-corrected chi connectivity index (χ1v) is 9.14. The van der Waals surface area contributed by atoms with E-state index in [4.69, 9.17) is 5.26 Å². The van der Waals surface area contributed by atoms with Gasteiger partial charge in [-0.25, -0.2) is 14.4 Å². The summed E-state index contributed by atoms with van der Waals surface area (Å²) >= 11 is 0. The highest BCUT2D eigenvalue weighted by Crippen LogP contribution is 2.31. The molecule has 1 aromatic carbocycles. The molecule has 4 rings (SSSR count). The van der Waals surface area contributed by atoms with Crippen LogP contribution in [0.25, 0.3) is 11.0 Å². The number of benzene rings is 1. The Morgan fingerprint density at radius 2 is 2.15 bits per heavy atom. The van der Waals surface area contributed by atoms with Crippen molar-refractivity contribution in [3.63, 3.8) is 0 Å². The van der Waals surface area contributed by atoms with Gasteiger partial charge in [-0.2, -0.15) is 5.26 Å². The van der Waals surface area contributed by atoms with Crippen LogP contribution in [0, 0.1) is 23.1 Å². The van der Waals surface area contributed by atoms with E-state index in [0.717, 1.165) is 29.0 Å². The van der Waals surface area contributed by atoms with E-state index in [1.807, 2.05) is 30.7 Å². The predicted octanol–water partition coefficient (Wildman–Crippen LogP) is 4.11. The van der Waals surface area contributed by atoms with Gasteiger partial charge in [0.2, 0.25) is 0 Å². The quantitative estimate of drug-likeness (QED) is 0.688. The monoisotopic (exact) mass is 364 g/mol. The van der Waals surface area contributed by atoms with E-state index < -0.39 is 5.82 Å². The van der Waals surface area contributed by atoms with E-state index in [9.17, 15) is 4.39 Å². The summed E-state index contributed by atoms with van der Waals surface area (Å²) in [5.74, 6) is 1.52. The van der Waals surface area contributed by atoms with Crippen molar-refractivity contribution in [2.75, 3.05) is 17.2 Å². The first-order chi connectivity index (χ1) is 13.1. The van der Waals surface area contributed by atoms with Crippen molar-refractivity contribution in [3.05, 3.63) is 41.5 Å². The molecule has 0 atom stereocenters. The van der Waals surface area contributed by atoms with Gasteiger partial charge in [-0.3, -0.25) is 0 Å². The second-order valence-corrected chi connectivity index (χ2v) is 6.98. The Hall–Kier alpha value is -3.14. The Bertz CT molecular complexity index is 1040. The smallest absolute Gasteiger partial charge is 0.156 e. The summed E-state index contributed by atoms with van der Waals surface area (Å²) in [4.78, 5) is 9.12. The number of imidazole rings is 1. The predicted molar refractivity (Wildman–Crippen MR) is 103 cm³/mol. The molecule has 1 aliphatic carbocycles. The van der Waals surface area contributed by atoms with Crippen molar-refractivity contribution >= 4 is 28.4 Å². The lowest BCUT2D eigenvalue weighted by Crippen LogP contribution is -2.07. The SMILES string of the molecule is CCc1cc(C#N)c(F)cc1Nc1cc2c(ncn2C)c(NCC2CC2)n1. The zero-order chi connectivity index (χ0) is 19.0. The molecule has 1 aliphatic rings. The molecule has 0 amide bonds. The number of hydrogen-bond donors (Lipinski definition) is 2. The number of nitriles is 1. The Morgan fingerprint density at radius 1 is 1.33 bits per heavy atom. The van der Waals surface area contributed by atoms with Gasteiger partial charge in [0.15, 0.2) is 5.82 Å². The van der Waals surface area contributed by atoms with Gasteiger partial charge in [-0.05, 0) is 42.9 Å². The minimum absolute atomic E-state index is 0.0548. The first kappa shape index (κ1) is 17.3. The van der Waals surface area contributed by atoms with Crippen LogP contribution in [-0.4, -0.2) is 21.1 Å². The number of fused-ring (bicyclic) bond motifs is 1. The van der Waals surface area contributed by atoms with Crippen LogP contribution in [0.2, 0.25) is 0 Å². The highest BCUT2D eigenvalue weighted by Gasteiger charge is 2.22. The van der Waals surface area contributed by atoms with Crippen LogP contribution in [-0.2, 0) is 13.5 Å². The molecule has 0 bridgehead atoms. The number of aromatic nitrogens is 3. The lowest BCUT2D eigenvalue weighted by atomic mass is 10.1. The summed E-state index contributed by atoms with van der Waals surface area (Å²) in [5.41, 5.74) is 3.31. The van der Waals surface area contributed by atoms with E-state index in [-0.39, 0.29) is 5.56 Å². The van der Waals surface area contributed by atoms with Crippen LogP contribution >= 0.6 is 0 Å². The largest absolute Gasteiger partial charge is 0.368 e. The van der Waals surface area contributed by atoms with Crippen molar-refractivity contribution < 1.29 is 4.39 Å². The van der Waals surface area contributed by atoms with Gasteiger partial charge in [0.05, 0.1) is 17.4 Å². The van der Waals surface area contributed by atoms with Crippen LogP contribution in [0.4, 0.5) is 21.7 Å². The number of aryl methyl sites for hydroxylation is 2. The number of pyridine rings is 1. The number of anilines is 3. The van der Waals surface area contributed by atoms with Gasteiger partial charge in [0, 0.05) is 25.3 Å². The molecule has 0 aliphatic heterocycles. The van der Waals surface area contributed by atoms with Crippen LogP contribution < -0.4 is 10.6 Å². The summed E-state index contributed by atoms with van der Waals surface area (Å²) in [6.07, 6.45) is 4.94. The third-order valence-electron chi connectivity index (χ3n) is 4.92. The van der Waals surface area contributed by atoms with Crippen molar-refractivity contribution in [1.82, 2.24) is 14.5 Å². The van der Waals surface area contributed by atoms with Gasteiger partial charge >= 0.3 is 0 Å².